The van der Waals surface area contributed by atoms with Gasteiger partial charge in [0.05, 0.1) is 13.0 Å². The number of nitrogens with one attached hydrogen (secondary N) is 1. The maximum Gasteiger partial charge on any atom is 0.306 e. The topological polar surface area (TPSA) is 75.6 Å². The monoisotopic (exact) mass is 329 g/mol. The van der Waals surface area contributed by atoms with Crippen molar-refractivity contribution in [3.8, 4) is 5.75 Å². The van der Waals surface area contributed by atoms with E-state index in [0.717, 1.165) is 10.0 Å². The van der Waals surface area contributed by atoms with Crippen molar-refractivity contribution in [2.75, 3.05) is 7.11 Å². The van der Waals surface area contributed by atoms with Crippen molar-refractivity contribution in [1.82, 2.24) is 5.32 Å². The van der Waals surface area contributed by atoms with Crippen LogP contribution in [0.15, 0.2) is 22.7 Å². The number of ether oxygens (including phenoxy) is 1. The van der Waals surface area contributed by atoms with Gasteiger partial charge in [0.15, 0.2) is 0 Å². The number of methoxy groups -OCH3 is 1. The standard InChI is InChI=1S/C13H16BrNO4/c1-8(13(17)18)5-12(16)15-7-9-6-10(14)3-4-11(9)19-2/h3-4,6,8H,5,7H2,1-2H3,(H,15,16)(H,17,18). The Hall–Kier alpha value is -1.56. The van der Waals surface area contributed by atoms with Crippen LogP contribution in [0.25, 0.3) is 0 Å². The number of halogens is 1. The SMILES string of the molecule is COc1ccc(Br)cc1CNC(=O)CC(C)C(=O)O. The molecule has 104 valence electrons. The lowest BCUT2D eigenvalue weighted by molar-refractivity contribution is -0.143. The Kier molecular flexibility index (Phi) is 5.82. The summed E-state index contributed by atoms with van der Waals surface area (Å²) in [6.07, 6.45) is -0.0361. The fraction of sp³-hybridized carbons (Fsp3) is 0.385. The Morgan fingerprint density at radius 1 is 1.47 bits per heavy atom. The lowest BCUT2D eigenvalue weighted by Crippen LogP contribution is -2.27. The Labute approximate surface area is 120 Å². The van der Waals surface area contributed by atoms with E-state index in [9.17, 15) is 9.59 Å². The smallest absolute Gasteiger partial charge is 0.306 e. The minimum Gasteiger partial charge on any atom is -0.496 e. The first kappa shape index (κ1) is 15.5. The number of carbonyl (C=O) groups is 2. The van der Waals surface area contributed by atoms with E-state index in [2.05, 4.69) is 21.2 Å². The highest BCUT2D eigenvalue weighted by atomic mass is 79.9. The predicted molar refractivity (Wildman–Crippen MR) is 74.0 cm³/mol. The maximum atomic E-state index is 11.6. The third kappa shape index (κ3) is 4.90. The third-order valence-electron chi connectivity index (χ3n) is 2.63. The molecule has 19 heavy (non-hydrogen) atoms. The first-order valence-electron chi connectivity index (χ1n) is 5.76. The number of hydrogen-bond donors (Lipinski definition) is 2. The molecule has 1 aromatic rings. The van der Waals surface area contributed by atoms with Crippen LogP contribution < -0.4 is 10.1 Å². The number of aliphatic carboxylic acids is 1. The molecule has 0 aliphatic rings. The van der Waals surface area contributed by atoms with Crippen molar-refractivity contribution in [2.45, 2.75) is 19.9 Å². The minimum absolute atomic E-state index is 0.0361. The van der Waals surface area contributed by atoms with Crippen molar-refractivity contribution >= 4 is 27.8 Å². The van der Waals surface area contributed by atoms with Gasteiger partial charge in [-0.25, -0.2) is 0 Å². The number of hydrogen-bond acceptors (Lipinski definition) is 3. The summed E-state index contributed by atoms with van der Waals surface area (Å²) in [6.45, 7) is 1.80. The molecule has 0 spiro atoms. The molecule has 2 N–H and O–H groups in total. The van der Waals surface area contributed by atoms with E-state index in [1.54, 1.807) is 13.2 Å². The van der Waals surface area contributed by atoms with Gasteiger partial charge < -0.3 is 15.2 Å². The molecule has 0 aliphatic carbocycles. The highest BCUT2D eigenvalue weighted by Crippen LogP contribution is 2.22. The average Bonchev–Trinajstić information content (AvgIpc) is 2.36. The summed E-state index contributed by atoms with van der Waals surface area (Å²) in [6, 6.07) is 5.49. The van der Waals surface area contributed by atoms with Crippen molar-refractivity contribution < 1.29 is 19.4 Å². The second-order valence-corrected chi connectivity index (χ2v) is 5.09. The molecule has 6 heteroatoms. The molecule has 0 aromatic heterocycles. The fourth-order valence-electron chi connectivity index (χ4n) is 1.52. The Balaban J connectivity index is 2.59. The molecule has 0 saturated heterocycles. The van der Waals surface area contributed by atoms with Crippen LogP contribution in [0, 0.1) is 5.92 Å². The number of amides is 1. The summed E-state index contributed by atoms with van der Waals surface area (Å²) >= 11 is 3.35. The van der Waals surface area contributed by atoms with Crippen LogP contribution in [0.2, 0.25) is 0 Å². The van der Waals surface area contributed by atoms with E-state index in [4.69, 9.17) is 9.84 Å². The van der Waals surface area contributed by atoms with Gasteiger partial charge in [0.2, 0.25) is 5.91 Å². The van der Waals surface area contributed by atoms with Gasteiger partial charge in [-0.05, 0) is 18.2 Å². The van der Waals surface area contributed by atoms with E-state index in [1.807, 2.05) is 12.1 Å². The van der Waals surface area contributed by atoms with E-state index in [0.29, 0.717) is 12.3 Å². The van der Waals surface area contributed by atoms with Crippen LogP contribution in [0.5, 0.6) is 5.75 Å². The second-order valence-electron chi connectivity index (χ2n) is 4.18. The lowest BCUT2D eigenvalue weighted by Gasteiger charge is -2.11. The molecule has 0 bridgehead atoms. The molecule has 0 aliphatic heterocycles. The van der Waals surface area contributed by atoms with Gasteiger partial charge in [-0.1, -0.05) is 22.9 Å². The van der Waals surface area contributed by atoms with Crippen molar-refractivity contribution in [3.05, 3.63) is 28.2 Å². The van der Waals surface area contributed by atoms with E-state index in [1.165, 1.54) is 6.92 Å². The number of carboxylic acid groups (broad SMARTS) is 1. The molecule has 1 rings (SSSR count). The summed E-state index contributed by atoms with van der Waals surface area (Å²) in [5.41, 5.74) is 0.827. The van der Waals surface area contributed by atoms with Gasteiger partial charge in [-0.15, -0.1) is 0 Å². The first-order chi connectivity index (χ1) is 8.93. The minimum atomic E-state index is -0.977. The van der Waals surface area contributed by atoms with Crippen LogP contribution in [0.1, 0.15) is 18.9 Å². The summed E-state index contributed by atoms with van der Waals surface area (Å²) in [4.78, 5) is 22.2. The van der Waals surface area contributed by atoms with Crippen LogP contribution in [-0.2, 0) is 16.1 Å². The second kappa shape index (κ2) is 7.13. The molecule has 0 heterocycles. The number of carboxylic acids is 1. The quantitative estimate of drug-likeness (QED) is 0.838. The zero-order valence-electron chi connectivity index (χ0n) is 10.8. The molecular weight excluding hydrogens is 314 g/mol. The van der Waals surface area contributed by atoms with Gasteiger partial charge in [0, 0.05) is 23.0 Å². The van der Waals surface area contributed by atoms with Crippen LogP contribution in [0.3, 0.4) is 0 Å². The van der Waals surface area contributed by atoms with Gasteiger partial charge in [-0.2, -0.15) is 0 Å². The fourth-order valence-corrected chi connectivity index (χ4v) is 1.93. The molecule has 1 aromatic carbocycles. The Bertz CT molecular complexity index is 476. The Morgan fingerprint density at radius 3 is 2.74 bits per heavy atom. The molecule has 0 radical (unpaired) electrons. The van der Waals surface area contributed by atoms with Crippen LogP contribution >= 0.6 is 15.9 Å². The predicted octanol–water partition coefficient (Wildman–Crippen LogP) is 2.18. The molecule has 1 unspecified atom stereocenters. The van der Waals surface area contributed by atoms with E-state index < -0.39 is 11.9 Å². The van der Waals surface area contributed by atoms with Gasteiger partial charge in [-0.3, -0.25) is 9.59 Å². The molecule has 0 fully saturated rings. The molecular formula is C13H16BrNO4. The normalized spacial score (nSPS) is 11.7. The highest BCUT2D eigenvalue weighted by molar-refractivity contribution is 9.10. The van der Waals surface area contributed by atoms with Crippen molar-refractivity contribution in [1.29, 1.82) is 0 Å². The first-order valence-corrected chi connectivity index (χ1v) is 6.55. The van der Waals surface area contributed by atoms with Crippen molar-refractivity contribution in [3.63, 3.8) is 0 Å². The molecule has 1 atom stereocenters. The number of benzene rings is 1. The molecule has 5 nitrogen and oxygen atoms in total. The zero-order chi connectivity index (χ0) is 14.4. The van der Waals surface area contributed by atoms with Crippen LogP contribution in [0.4, 0.5) is 0 Å². The van der Waals surface area contributed by atoms with E-state index >= 15 is 0 Å². The zero-order valence-corrected chi connectivity index (χ0v) is 12.4. The third-order valence-corrected chi connectivity index (χ3v) is 3.12. The van der Waals surface area contributed by atoms with Gasteiger partial charge in [0.25, 0.3) is 0 Å². The number of rotatable bonds is 6. The number of carbonyl (C=O) groups excluding carboxylic acids is 1. The lowest BCUT2D eigenvalue weighted by atomic mass is 10.1. The summed E-state index contributed by atoms with van der Waals surface area (Å²) in [5, 5.41) is 11.4. The van der Waals surface area contributed by atoms with E-state index in [-0.39, 0.29) is 12.3 Å². The van der Waals surface area contributed by atoms with Gasteiger partial charge >= 0.3 is 5.97 Å². The average molecular weight is 330 g/mol. The Morgan fingerprint density at radius 2 is 2.16 bits per heavy atom. The summed E-state index contributed by atoms with van der Waals surface area (Å²) in [7, 11) is 1.56. The summed E-state index contributed by atoms with van der Waals surface area (Å²) < 4.78 is 6.07. The molecule has 0 saturated carbocycles. The van der Waals surface area contributed by atoms with Crippen LogP contribution in [-0.4, -0.2) is 24.1 Å². The molecule has 1 amide bonds. The largest absolute Gasteiger partial charge is 0.496 e. The van der Waals surface area contributed by atoms with Gasteiger partial charge in [0.1, 0.15) is 5.75 Å². The van der Waals surface area contributed by atoms with Crippen molar-refractivity contribution in [2.24, 2.45) is 5.92 Å². The summed E-state index contributed by atoms with van der Waals surface area (Å²) in [5.74, 6) is -1.29. The highest BCUT2D eigenvalue weighted by Gasteiger charge is 2.15. The maximum absolute atomic E-state index is 11.6.